The normalized spacial score (nSPS) is 15.1. The van der Waals surface area contributed by atoms with Gasteiger partial charge in [0.15, 0.2) is 0 Å². The number of imidazole rings is 1. The monoisotopic (exact) mass is 343 g/mol. The molecule has 0 saturated heterocycles. The largest absolute Gasteiger partial charge is 0.338 e. The third-order valence-corrected chi connectivity index (χ3v) is 4.46. The fourth-order valence-electron chi connectivity index (χ4n) is 2.52. The zero-order valence-corrected chi connectivity index (χ0v) is 14.5. The molecule has 2 heterocycles. The number of aryl methyl sites for hydroxylation is 1. The van der Waals surface area contributed by atoms with Gasteiger partial charge in [0.1, 0.15) is 0 Å². The van der Waals surface area contributed by atoms with Gasteiger partial charge in [-0.05, 0) is 12.8 Å². The number of sulfonamides is 1. The molecular weight excluding hydrogens is 318 g/mol. The van der Waals surface area contributed by atoms with Crippen LogP contribution in [0.1, 0.15) is 37.6 Å². The first kappa shape index (κ1) is 17.7. The summed E-state index contributed by atoms with van der Waals surface area (Å²) in [5, 5.41) is 2.93. The summed E-state index contributed by atoms with van der Waals surface area (Å²) in [6.45, 7) is 4.80. The molecule has 0 aliphatic carbocycles. The number of nitrogens with zero attached hydrogens (tertiary/aromatic N) is 3. The lowest BCUT2D eigenvalue weighted by Crippen LogP contribution is -2.40. The number of fused-ring (bicyclic) bond motifs is 1. The zero-order chi connectivity index (χ0) is 16.9. The van der Waals surface area contributed by atoms with Crippen molar-refractivity contribution in [1.82, 2.24) is 24.5 Å². The van der Waals surface area contributed by atoms with Crippen molar-refractivity contribution in [2.24, 2.45) is 0 Å². The number of nitrogens with one attached hydrogen (secondary N) is 2. The van der Waals surface area contributed by atoms with Crippen LogP contribution in [0.25, 0.3) is 0 Å². The van der Waals surface area contributed by atoms with Gasteiger partial charge in [-0.25, -0.2) is 22.9 Å². The number of amides is 2. The van der Waals surface area contributed by atoms with Crippen LogP contribution in [0.4, 0.5) is 4.79 Å². The Bertz CT molecular complexity index is 641. The fourth-order valence-corrected chi connectivity index (χ4v) is 2.92. The first-order valence-electron chi connectivity index (χ1n) is 7.91. The maximum Gasteiger partial charge on any atom is 0.317 e. The highest BCUT2D eigenvalue weighted by Gasteiger charge is 2.22. The number of hydrogen-bond donors (Lipinski definition) is 2. The standard InChI is InChI=1S/C14H25N5O3S/c1-3-4-6-15-14(20)18-7-5-8-19-11-16-12(13(19)10-18)9-17-23(2,21)22/h11,17H,3-10H2,1-2H3,(H,15,20). The molecule has 0 fully saturated rings. The molecule has 1 aromatic rings. The Balaban J connectivity index is 2.05. The van der Waals surface area contributed by atoms with Gasteiger partial charge in [-0.15, -0.1) is 0 Å². The first-order valence-corrected chi connectivity index (χ1v) is 9.80. The second-order valence-electron chi connectivity index (χ2n) is 5.79. The molecule has 0 spiro atoms. The average Bonchev–Trinajstić information content (AvgIpc) is 2.73. The highest BCUT2D eigenvalue weighted by atomic mass is 32.2. The summed E-state index contributed by atoms with van der Waals surface area (Å²) >= 11 is 0. The van der Waals surface area contributed by atoms with Crippen LogP contribution >= 0.6 is 0 Å². The van der Waals surface area contributed by atoms with E-state index in [4.69, 9.17) is 0 Å². The smallest absolute Gasteiger partial charge is 0.317 e. The van der Waals surface area contributed by atoms with E-state index in [0.717, 1.165) is 37.8 Å². The number of hydrogen-bond acceptors (Lipinski definition) is 4. The SMILES string of the molecule is CCCCNC(=O)N1CCCn2cnc(CNS(C)(=O)=O)c2C1. The molecule has 1 aliphatic rings. The van der Waals surface area contributed by atoms with Crippen LogP contribution in [0.3, 0.4) is 0 Å². The zero-order valence-electron chi connectivity index (χ0n) is 13.7. The number of carbonyl (C=O) groups is 1. The number of aromatic nitrogens is 2. The highest BCUT2D eigenvalue weighted by Crippen LogP contribution is 2.16. The minimum atomic E-state index is -3.27. The third-order valence-electron chi connectivity index (χ3n) is 3.80. The van der Waals surface area contributed by atoms with Gasteiger partial charge < -0.3 is 14.8 Å². The molecule has 9 heteroatoms. The molecule has 8 nitrogen and oxygen atoms in total. The Hall–Kier alpha value is -1.61. The van der Waals surface area contributed by atoms with Crippen LogP contribution in [0.2, 0.25) is 0 Å². The second kappa shape index (κ2) is 7.78. The Kier molecular flexibility index (Phi) is 6.00. The van der Waals surface area contributed by atoms with E-state index in [0.29, 0.717) is 25.3 Å². The van der Waals surface area contributed by atoms with Gasteiger partial charge in [0.05, 0.1) is 37.1 Å². The lowest BCUT2D eigenvalue weighted by Gasteiger charge is -2.21. The summed E-state index contributed by atoms with van der Waals surface area (Å²) in [6.07, 6.45) is 5.68. The van der Waals surface area contributed by atoms with Gasteiger partial charge in [-0.2, -0.15) is 0 Å². The Morgan fingerprint density at radius 3 is 2.87 bits per heavy atom. The predicted molar refractivity (Wildman–Crippen MR) is 87.2 cm³/mol. The van der Waals surface area contributed by atoms with E-state index in [1.165, 1.54) is 0 Å². The Morgan fingerprint density at radius 1 is 1.39 bits per heavy atom. The Morgan fingerprint density at radius 2 is 2.17 bits per heavy atom. The van der Waals surface area contributed by atoms with E-state index < -0.39 is 10.0 Å². The van der Waals surface area contributed by atoms with Crippen LogP contribution in [0.15, 0.2) is 6.33 Å². The van der Waals surface area contributed by atoms with E-state index in [9.17, 15) is 13.2 Å². The van der Waals surface area contributed by atoms with Gasteiger partial charge >= 0.3 is 6.03 Å². The van der Waals surface area contributed by atoms with Crippen molar-refractivity contribution < 1.29 is 13.2 Å². The summed E-state index contributed by atoms with van der Waals surface area (Å²) in [5.74, 6) is 0. The Labute approximate surface area is 137 Å². The number of urea groups is 1. The summed E-state index contributed by atoms with van der Waals surface area (Å²) in [4.78, 5) is 18.3. The van der Waals surface area contributed by atoms with Gasteiger partial charge in [0, 0.05) is 19.6 Å². The highest BCUT2D eigenvalue weighted by molar-refractivity contribution is 7.88. The van der Waals surface area contributed by atoms with Crippen LogP contribution in [0.5, 0.6) is 0 Å². The molecule has 0 bridgehead atoms. The van der Waals surface area contributed by atoms with Crippen molar-refractivity contribution in [3.05, 3.63) is 17.7 Å². The summed E-state index contributed by atoms with van der Waals surface area (Å²) < 4.78 is 27.0. The van der Waals surface area contributed by atoms with E-state index >= 15 is 0 Å². The van der Waals surface area contributed by atoms with E-state index in [1.54, 1.807) is 11.2 Å². The summed E-state index contributed by atoms with van der Waals surface area (Å²) in [5.41, 5.74) is 1.56. The van der Waals surface area contributed by atoms with Crippen molar-refractivity contribution in [2.75, 3.05) is 19.3 Å². The van der Waals surface area contributed by atoms with Crippen molar-refractivity contribution in [1.29, 1.82) is 0 Å². The molecule has 2 rings (SSSR count). The molecule has 1 aromatic heterocycles. The maximum atomic E-state index is 12.3. The molecular formula is C14H25N5O3S. The van der Waals surface area contributed by atoms with Crippen molar-refractivity contribution >= 4 is 16.1 Å². The molecule has 0 aromatic carbocycles. The van der Waals surface area contributed by atoms with Gasteiger partial charge in [-0.1, -0.05) is 13.3 Å². The van der Waals surface area contributed by atoms with E-state index in [-0.39, 0.29) is 12.6 Å². The van der Waals surface area contributed by atoms with Crippen molar-refractivity contribution in [3.8, 4) is 0 Å². The maximum absolute atomic E-state index is 12.3. The molecule has 0 saturated carbocycles. The molecule has 0 unspecified atom stereocenters. The van der Waals surface area contributed by atoms with E-state index in [2.05, 4.69) is 21.9 Å². The molecule has 2 amide bonds. The van der Waals surface area contributed by atoms with Crippen LogP contribution in [-0.4, -0.2) is 48.2 Å². The van der Waals surface area contributed by atoms with Crippen LogP contribution in [-0.2, 0) is 29.7 Å². The van der Waals surface area contributed by atoms with Crippen LogP contribution in [0, 0.1) is 0 Å². The molecule has 23 heavy (non-hydrogen) atoms. The van der Waals surface area contributed by atoms with Crippen LogP contribution < -0.4 is 10.0 Å². The third kappa shape index (κ3) is 5.21. The minimum Gasteiger partial charge on any atom is -0.338 e. The number of carbonyl (C=O) groups excluding carboxylic acids is 1. The molecule has 130 valence electrons. The predicted octanol–water partition coefficient (Wildman–Crippen LogP) is 0.648. The second-order valence-corrected chi connectivity index (χ2v) is 7.62. The molecule has 1 aliphatic heterocycles. The molecule has 2 N–H and O–H groups in total. The lowest BCUT2D eigenvalue weighted by molar-refractivity contribution is 0.195. The quantitative estimate of drug-likeness (QED) is 0.741. The minimum absolute atomic E-state index is 0.0740. The topological polar surface area (TPSA) is 96.3 Å². The lowest BCUT2D eigenvalue weighted by atomic mass is 10.3. The summed E-state index contributed by atoms with van der Waals surface area (Å²) in [6, 6.07) is -0.0740. The fraction of sp³-hybridized carbons (Fsp3) is 0.714. The summed E-state index contributed by atoms with van der Waals surface area (Å²) in [7, 11) is -3.27. The van der Waals surface area contributed by atoms with Crippen molar-refractivity contribution in [2.45, 2.75) is 45.8 Å². The van der Waals surface area contributed by atoms with Gasteiger partial charge in [0.25, 0.3) is 0 Å². The van der Waals surface area contributed by atoms with Gasteiger partial charge in [0.2, 0.25) is 10.0 Å². The van der Waals surface area contributed by atoms with Crippen molar-refractivity contribution in [3.63, 3.8) is 0 Å². The molecule has 0 atom stereocenters. The number of unbranched alkanes of at least 4 members (excludes halogenated alkanes) is 1. The first-order chi connectivity index (χ1) is 10.9. The average molecular weight is 343 g/mol. The molecule has 0 radical (unpaired) electrons. The number of rotatable bonds is 6. The van der Waals surface area contributed by atoms with Gasteiger partial charge in [-0.3, -0.25) is 0 Å². The van der Waals surface area contributed by atoms with E-state index in [1.807, 2.05) is 4.57 Å².